The zero-order chi connectivity index (χ0) is 37.4. The third kappa shape index (κ3) is 16.6. The Balaban J connectivity index is 0.000000402. The van der Waals surface area contributed by atoms with Crippen molar-refractivity contribution in [1.29, 1.82) is 0 Å². The smallest absolute Gasteiger partial charge is 0.657 e. The zero-order valence-corrected chi connectivity index (χ0v) is 34.2. The molecule has 0 N–H and O–H groups in total. The van der Waals surface area contributed by atoms with Crippen LogP contribution in [0.3, 0.4) is 0 Å². The maximum absolute atomic E-state index is 5.50. The first-order valence-electron chi connectivity index (χ1n) is 19.3. The predicted molar refractivity (Wildman–Crippen MR) is 224 cm³/mol. The van der Waals surface area contributed by atoms with Gasteiger partial charge in [0.05, 0.1) is 0 Å². The van der Waals surface area contributed by atoms with Gasteiger partial charge in [-0.1, -0.05) is 129 Å². The first-order valence-corrected chi connectivity index (χ1v) is 21.2. The van der Waals surface area contributed by atoms with Crippen molar-refractivity contribution < 1.29 is 33.1 Å². The Bertz CT molecular complexity index is 1590. The minimum absolute atomic E-state index is 0. The Morgan fingerprint density at radius 3 is 0.981 bits per heavy atom. The summed E-state index contributed by atoms with van der Waals surface area (Å²) in [5.74, 6) is 10.8. The van der Waals surface area contributed by atoms with Gasteiger partial charge in [0.25, 0.3) is 0 Å². The molecule has 0 saturated carbocycles. The maximum atomic E-state index is 5.50. The summed E-state index contributed by atoms with van der Waals surface area (Å²) in [7, 11) is -3.20. The molecule has 3 fully saturated rings. The van der Waals surface area contributed by atoms with Crippen molar-refractivity contribution >= 4 is 13.9 Å². The molecule has 0 amide bonds. The molecule has 3 aliphatic heterocycles. The molecular formula is C48H56LiNO3Si. The fourth-order valence-electron chi connectivity index (χ4n) is 5.57. The topological polar surface area (TPSA) is 41.8 Å². The van der Waals surface area contributed by atoms with Gasteiger partial charge in [0.2, 0.25) is 8.24 Å². The second-order valence-electron chi connectivity index (χ2n) is 13.7. The van der Waals surface area contributed by atoms with E-state index in [4.69, 9.17) is 19.2 Å². The van der Waals surface area contributed by atoms with Crippen LogP contribution in [-0.4, -0.2) is 47.9 Å². The average Bonchev–Trinajstić information content (AvgIpc) is 4.05. The fraction of sp³-hybridized carbons (Fsp3) is 0.375. The molecule has 3 heterocycles. The van der Waals surface area contributed by atoms with Gasteiger partial charge >= 0.3 is 18.9 Å². The molecule has 0 atom stereocenters. The Kier molecular flexibility index (Phi) is 21.4. The zero-order valence-electron chi connectivity index (χ0n) is 33.2. The van der Waals surface area contributed by atoms with E-state index in [2.05, 4.69) is 80.3 Å². The number of hydrogen-bond donors (Lipinski definition) is 0. The van der Waals surface area contributed by atoms with Crippen LogP contribution in [0.15, 0.2) is 109 Å². The normalized spacial score (nSPS) is 14.0. The molecule has 0 bridgehead atoms. The second kappa shape index (κ2) is 26.0. The fourth-order valence-corrected chi connectivity index (χ4v) is 7.49. The monoisotopic (exact) mass is 729 g/mol. The number of ether oxygens (including phenoxy) is 3. The van der Waals surface area contributed by atoms with Gasteiger partial charge in [0.1, 0.15) is 0 Å². The minimum atomic E-state index is -3.20. The van der Waals surface area contributed by atoms with Crippen molar-refractivity contribution in [1.82, 2.24) is 0 Å². The molecule has 0 aliphatic carbocycles. The molecule has 3 aliphatic rings. The summed E-state index contributed by atoms with van der Waals surface area (Å²) in [5, 5.41) is 0. The standard InChI is InChI=1S/C36H32NSi.3C4H8O.Li/c1-29(2)34-21-14-22-35(30(3)4)36(34)37-38(26-23-31-15-8-5-9-16-31,27-24-32-17-10-6-11-18-32)28-25-33-19-12-7-13-20-33;3*1-2-4-5-3-1;/h5-22,29-30H,1-4H3;3*1-4H2;/q-1;;;;+1. The van der Waals surface area contributed by atoms with Crippen molar-refractivity contribution in [3.8, 4) is 34.4 Å². The molecule has 3 saturated heterocycles. The molecule has 0 unspecified atom stereocenters. The third-order valence-electron chi connectivity index (χ3n) is 8.59. The molecule has 0 radical (unpaired) electrons. The number of benzene rings is 4. The van der Waals surface area contributed by atoms with Crippen LogP contribution in [0.25, 0.3) is 4.98 Å². The van der Waals surface area contributed by atoms with Crippen molar-refractivity contribution in [2.75, 3.05) is 39.6 Å². The van der Waals surface area contributed by atoms with E-state index in [1.165, 1.54) is 49.7 Å². The van der Waals surface area contributed by atoms with E-state index in [-0.39, 0.29) is 18.9 Å². The largest absolute Gasteiger partial charge is 1.00 e. The molecule has 4 aromatic carbocycles. The Morgan fingerprint density at radius 1 is 0.444 bits per heavy atom. The van der Waals surface area contributed by atoms with Gasteiger partial charge in [-0.2, -0.15) is 0 Å². The van der Waals surface area contributed by atoms with Gasteiger partial charge in [-0.3, -0.25) is 0 Å². The van der Waals surface area contributed by atoms with Crippen LogP contribution in [0.5, 0.6) is 0 Å². The summed E-state index contributed by atoms with van der Waals surface area (Å²) < 4.78 is 14.8. The molecular weight excluding hydrogens is 674 g/mol. The Morgan fingerprint density at radius 2 is 0.741 bits per heavy atom. The quantitative estimate of drug-likeness (QED) is 0.158. The average molecular weight is 730 g/mol. The number of nitrogens with zero attached hydrogens (tertiary/aromatic N) is 1. The van der Waals surface area contributed by atoms with Crippen molar-refractivity contribution in [2.45, 2.75) is 78.1 Å². The number of rotatable bonds is 4. The van der Waals surface area contributed by atoms with Gasteiger partial charge in [-0.15, -0.1) is 22.3 Å². The molecule has 4 nitrogen and oxygen atoms in total. The van der Waals surface area contributed by atoms with Gasteiger partial charge in [0.15, 0.2) is 0 Å². The molecule has 276 valence electrons. The van der Waals surface area contributed by atoms with Crippen molar-refractivity contribution in [3.63, 3.8) is 0 Å². The SMILES string of the molecule is C1CCOC1.C1CCOC1.C1CCOC1.CC(C)c1cccc(C(C)C)c1[N-][Si](C#Cc1ccccc1)(C#Cc1ccccc1)C#Cc1ccccc1.[Li+]. The maximum Gasteiger partial charge on any atom is 1.00 e. The van der Waals surface area contributed by atoms with Gasteiger partial charge in [-0.25, -0.2) is 0 Å². The van der Waals surface area contributed by atoms with Gasteiger partial charge in [-0.05, 0) is 86.8 Å². The van der Waals surface area contributed by atoms with E-state index in [0.29, 0.717) is 11.8 Å². The Labute approximate surface area is 339 Å². The van der Waals surface area contributed by atoms with Crippen LogP contribution in [0.4, 0.5) is 5.69 Å². The van der Waals surface area contributed by atoms with E-state index < -0.39 is 8.24 Å². The molecule has 4 aromatic rings. The summed E-state index contributed by atoms with van der Waals surface area (Å²) >= 11 is 0. The van der Waals surface area contributed by atoms with E-state index in [1.54, 1.807) is 0 Å². The summed E-state index contributed by atoms with van der Waals surface area (Å²) in [5.41, 5.74) is 16.8. The van der Waals surface area contributed by atoms with Gasteiger partial charge in [0, 0.05) is 56.3 Å². The molecule has 7 rings (SSSR count). The first kappa shape index (κ1) is 44.5. The molecule has 0 spiro atoms. The van der Waals surface area contributed by atoms with Crippen LogP contribution in [0, 0.1) is 34.4 Å². The summed E-state index contributed by atoms with van der Waals surface area (Å²) in [6.45, 7) is 14.8. The molecule has 0 aromatic heterocycles. The van der Waals surface area contributed by atoms with E-state index in [1.807, 2.05) is 91.0 Å². The predicted octanol–water partition coefficient (Wildman–Crippen LogP) is 8.05. The van der Waals surface area contributed by atoms with Crippen LogP contribution in [-0.2, 0) is 14.2 Å². The minimum Gasteiger partial charge on any atom is -0.657 e. The van der Waals surface area contributed by atoms with Crippen molar-refractivity contribution in [3.05, 3.63) is 142 Å². The summed E-state index contributed by atoms with van der Waals surface area (Å²) in [6.07, 6.45) is 7.67. The van der Waals surface area contributed by atoms with E-state index in [9.17, 15) is 0 Å². The van der Waals surface area contributed by atoms with E-state index in [0.717, 1.165) is 62.0 Å². The van der Waals surface area contributed by atoms with E-state index >= 15 is 0 Å². The molecule has 54 heavy (non-hydrogen) atoms. The van der Waals surface area contributed by atoms with Gasteiger partial charge < -0.3 is 19.2 Å². The summed E-state index contributed by atoms with van der Waals surface area (Å²) in [6, 6.07) is 36.6. The van der Waals surface area contributed by atoms with Crippen LogP contribution in [0.1, 0.15) is 106 Å². The summed E-state index contributed by atoms with van der Waals surface area (Å²) in [4.78, 5) is 5.50. The van der Waals surface area contributed by atoms with Crippen molar-refractivity contribution in [2.24, 2.45) is 0 Å². The Hall–Kier alpha value is -3.95. The first-order chi connectivity index (χ1) is 26.0. The number of hydrogen-bond acceptors (Lipinski definition) is 3. The third-order valence-corrected chi connectivity index (χ3v) is 10.6. The second-order valence-corrected chi connectivity index (χ2v) is 16.1. The molecule has 6 heteroatoms. The van der Waals surface area contributed by atoms with Crippen LogP contribution in [0.2, 0.25) is 0 Å². The van der Waals surface area contributed by atoms with Crippen LogP contribution >= 0.6 is 0 Å². The van der Waals surface area contributed by atoms with Crippen LogP contribution < -0.4 is 18.9 Å².